The summed E-state index contributed by atoms with van der Waals surface area (Å²) in [6.07, 6.45) is 2.43. The Morgan fingerprint density at radius 3 is 2.53 bits per heavy atom. The second-order valence-corrected chi connectivity index (χ2v) is 6.47. The highest BCUT2D eigenvalue weighted by molar-refractivity contribution is 9.10. The first-order chi connectivity index (χ1) is 8.81. The van der Waals surface area contributed by atoms with Crippen LogP contribution >= 0.6 is 15.9 Å². The predicted molar refractivity (Wildman–Crippen MR) is 78.5 cm³/mol. The fourth-order valence-electron chi connectivity index (χ4n) is 2.60. The lowest BCUT2D eigenvalue weighted by molar-refractivity contribution is -0.110. The van der Waals surface area contributed by atoms with Crippen LogP contribution in [0.25, 0.3) is 0 Å². The standard InChI is InChI=1S/C15H19BrO3/c1-8-9(2)14-11(10(3)13(8)18)5-6-15(4,19-14)12(16)7-17/h7,12,18H,5-6H2,1-4H3. The van der Waals surface area contributed by atoms with Crippen LogP contribution < -0.4 is 4.74 Å². The van der Waals surface area contributed by atoms with Gasteiger partial charge in [0.25, 0.3) is 0 Å². The number of carbonyl (C=O) groups excluding carboxylic acids is 1. The van der Waals surface area contributed by atoms with E-state index >= 15 is 0 Å². The minimum atomic E-state index is -0.532. The molecule has 0 radical (unpaired) electrons. The first-order valence-corrected chi connectivity index (χ1v) is 7.33. The van der Waals surface area contributed by atoms with Crippen LogP contribution in [0.5, 0.6) is 11.5 Å². The van der Waals surface area contributed by atoms with Gasteiger partial charge in [0.05, 0.1) is 0 Å². The van der Waals surface area contributed by atoms with Crippen LogP contribution in [0.15, 0.2) is 0 Å². The molecule has 3 nitrogen and oxygen atoms in total. The van der Waals surface area contributed by atoms with Gasteiger partial charge in [0.15, 0.2) is 0 Å². The van der Waals surface area contributed by atoms with Crippen LogP contribution in [0.2, 0.25) is 0 Å². The number of phenolic OH excluding ortho intramolecular Hbond substituents is 1. The number of rotatable bonds is 2. The van der Waals surface area contributed by atoms with Crippen molar-refractivity contribution in [3.05, 3.63) is 22.3 Å². The molecule has 1 heterocycles. The van der Waals surface area contributed by atoms with Gasteiger partial charge in [0.1, 0.15) is 28.2 Å². The summed E-state index contributed by atoms with van der Waals surface area (Å²) in [6.45, 7) is 7.69. The molecule has 19 heavy (non-hydrogen) atoms. The Balaban J connectivity index is 2.55. The van der Waals surface area contributed by atoms with Crippen molar-refractivity contribution in [2.75, 3.05) is 0 Å². The molecule has 104 valence electrons. The number of hydrogen-bond donors (Lipinski definition) is 1. The topological polar surface area (TPSA) is 46.5 Å². The maximum Gasteiger partial charge on any atom is 0.137 e. The Morgan fingerprint density at radius 1 is 1.32 bits per heavy atom. The molecular weight excluding hydrogens is 308 g/mol. The fourth-order valence-corrected chi connectivity index (χ4v) is 2.93. The molecule has 0 saturated carbocycles. The van der Waals surface area contributed by atoms with Crippen molar-refractivity contribution >= 4 is 22.2 Å². The number of aromatic hydroxyl groups is 1. The molecular formula is C15H19BrO3. The van der Waals surface area contributed by atoms with Crippen molar-refractivity contribution in [3.63, 3.8) is 0 Å². The van der Waals surface area contributed by atoms with E-state index in [4.69, 9.17) is 4.74 Å². The Labute approximate surface area is 122 Å². The number of halogens is 1. The number of aldehydes is 1. The van der Waals surface area contributed by atoms with Gasteiger partial charge in [-0.05, 0) is 57.2 Å². The number of benzene rings is 1. The predicted octanol–water partition coefficient (Wildman–Crippen LogP) is 3.36. The van der Waals surface area contributed by atoms with E-state index in [0.29, 0.717) is 5.75 Å². The number of hydrogen-bond acceptors (Lipinski definition) is 3. The molecule has 2 atom stereocenters. The highest BCUT2D eigenvalue weighted by atomic mass is 79.9. The Bertz CT molecular complexity index is 539. The Morgan fingerprint density at radius 2 is 1.95 bits per heavy atom. The van der Waals surface area contributed by atoms with Gasteiger partial charge in [-0.1, -0.05) is 15.9 Å². The van der Waals surface area contributed by atoms with E-state index in [2.05, 4.69) is 15.9 Å². The Hall–Kier alpha value is -1.03. The highest BCUT2D eigenvalue weighted by Gasteiger charge is 2.39. The largest absolute Gasteiger partial charge is 0.507 e. The first-order valence-electron chi connectivity index (χ1n) is 6.41. The normalized spacial score (nSPS) is 23.4. The van der Waals surface area contributed by atoms with Crippen LogP contribution in [0, 0.1) is 20.8 Å². The van der Waals surface area contributed by atoms with E-state index in [1.54, 1.807) is 0 Å². The van der Waals surface area contributed by atoms with E-state index in [1.165, 1.54) is 0 Å². The van der Waals surface area contributed by atoms with Gasteiger partial charge in [-0.2, -0.15) is 0 Å². The van der Waals surface area contributed by atoms with E-state index in [-0.39, 0.29) is 4.83 Å². The van der Waals surface area contributed by atoms with Crippen LogP contribution in [0.3, 0.4) is 0 Å². The zero-order valence-electron chi connectivity index (χ0n) is 11.7. The van der Waals surface area contributed by atoms with Crippen LogP contribution in [-0.2, 0) is 11.2 Å². The minimum Gasteiger partial charge on any atom is -0.507 e. The number of fused-ring (bicyclic) bond motifs is 1. The third-order valence-electron chi connectivity index (χ3n) is 4.25. The summed E-state index contributed by atoms with van der Waals surface area (Å²) in [5.74, 6) is 1.18. The van der Waals surface area contributed by atoms with Gasteiger partial charge >= 0.3 is 0 Å². The van der Waals surface area contributed by atoms with E-state index in [0.717, 1.165) is 47.1 Å². The molecule has 1 aliphatic rings. The summed E-state index contributed by atoms with van der Waals surface area (Å²) in [7, 11) is 0. The molecule has 2 rings (SSSR count). The Kier molecular flexibility index (Phi) is 3.65. The lowest BCUT2D eigenvalue weighted by atomic mass is 9.86. The third kappa shape index (κ3) is 2.16. The summed E-state index contributed by atoms with van der Waals surface area (Å²) >= 11 is 3.38. The van der Waals surface area contributed by atoms with Crippen molar-refractivity contribution in [1.29, 1.82) is 0 Å². The van der Waals surface area contributed by atoms with E-state index < -0.39 is 5.60 Å². The number of alkyl halides is 1. The number of ether oxygens (including phenoxy) is 1. The van der Waals surface area contributed by atoms with Crippen molar-refractivity contribution < 1.29 is 14.6 Å². The molecule has 1 aromatic rings. The van der Waals surface area contributed by atoms with E-state index in [1.807, 2.05) is 27.7 Å². The average Bonchev–Trinajstić information content (AvgIpc) is 2.41. The second kappa shape index (κ2) is 4.82. The smallest absolute Gasteiger partial charge is 0.137 e. The summed E-state index contributed by atoms with van der Waals surface area (Å²) < 4.78 is 6.13. The molecule has 2 unspecified atom stereocenters. The maximum absolute atomic E-state index is 11.0. The van der Waals surface area contributed by atoms with Crippen molar-refractivity contribution in [2.45, 2.75) is 51.0 Å². The van der Waals surface area contributed by atoms with Crippen molar-refractivity contribution in [2.24, 2.45) is 0 Å². The fraction of sp³-hybridized carbons (Fsp3) is 0.533. The van der Waals surface area contributed by atoms with Crippen molar-refractivity contribution in [1.82, 2.24) is 0 Å². The summed E-state index contributed by atoms with van der Waals surface area (Å²) in [4.78, 5) is 10.7. The minimum absolute atomic E-state index is 0.332. The van der Waals surface area contributed by atoms with Gasteiger partial charge in [-0.3, -0.25) is 0 Å². The summed E-state index contributed by atoms with van der Waals surface area (Å²) in [5.41, 5.74) is 3.21. The van der Waals surface area contributed by atoms with Gasteiger partial charge < -0.3 is 14.6 Å². The van der Waals surface area contributed by atoms with Crippen LogP contribution in [-0.4, -0.2) is 21.8 Å². The molecule has 1 aliphatic heterocycles. The van der Waals surface area contributed by atoms with Gasteiger partial charge in [-0.15, -0.1) is 0 Å². The molecule has 0 amide bonds. The SMILES string of the molecule is Cc1c(C)c2c(c(C)c1O)CCC(C)(C(Br)C=O)O2. The third-order valence-corrected chi connectivity index (χ3v) is 5.43. The molecule has 0 aromatic heterocycles. The molecule has 0 fully saturated rings. The quantitative estimate of drug-likeness (QED) is 0.669. The van der Waals surface area contributed by atoms with Crippen LogP contribution in [0.4, 0.5) is 0 Å². The summed E-state index contributed by atoms with van der Waals surface area (Å²) in [6, 6.07) is 0. The van der Waals surface area contributed by atoms with E-state index in [9.17, 15) is 9.90 Å². The van der Waals surface area contributed by atoms with Crippen LogP contribution in [0.1, 0.15) is 35.6 Å². The van der Waals surface area contributed by atoms with Gasteiger partial charge in [0.2, 0.25) is 0 Å². The lowest BCUT2D eigenvalue weighted by Crippen LogP contribution is -2.45. The second-order valence-electron chi connectivity index (χ2n) is 5.48. The lowest BCUT2D eigenvalue weighted by Gasteiger charge is -2.39. The summed E-state index contributed by atoms with van der Waals surface area (Å²) in [5, 5.41) is 10.1. The molecule has 0 saturated heterocycles. The van der Waals surface area contributed by atoms with Crippen molar-refractivity contribution in [3.8, 4) is 11.5 Å². The zero-order chi connectivity index (χ0) is 14.4. The average molecular weight is 327 g/mol. The molecule has 1 aromatic carbocycles. The maximum atomic E-state index is 11.0. The molecule has 0 spiro atoms. The van der Waals surface area contributed by atoms with Gasteiger partial charge in [0, 0.05) is 5.56 Å². The monoisotopic (exact) mass is 326 g/mol. The molecule has 1 N–H and O–H groups in total. The highest BCUT2D eigenvalue weighted by Crippen LogP contribution is 2.44. The number of phenols is 1. The zero-order valence-corrected chi connectivity index (χ0v) is 13.3. The molecule has 0 aliphatic carbocycles. The molecule has 0 bridgehead atoms. The van der Waals surface area contributed by atoms with Gasteiger partial charge in [-0.25, -0.2) is 0 Å². The molecule has 4 heteroatoms. The number of carbonyl (C=O) groups is 1. The first kappa shape index (κ1) is 14.4.